The molecule has 1 aliphatic rings. The molecule has 20 heavy (non-hydrogen) atoms. The number of rotatable bonds is 2. The van der Waals surface area contributed by atoms with Crippen LogP contribution < -0.4 is 0 Å². The zero-order valence-electron chi connectivity index (χ0n) is 11.0. The average Bonchev–Trinajstić information content (AvgIpc) is 2.78. The van der Waals surface area contributed by atoms with Gasteiger partial charge >= 0.3 is 0 Å². The molecular weight excluding hydrogens is 261 g/mol. The number of hydrogen-bond donors (Lipinski definition) is 1. The van der Waals surface area contributed by atoms with Gasteiger partial charge in [-0.2, -0.15) is 5.10 Å². The predicted octanol–water partition coefficient (Wildman–Crippen LogP) is 1.77. The lowest BCUT2D eigenvalue weighted by molar-refractivity contribution is 0.0580. The third-order valence-corrected chi connectivity index (χ3v) is 3.52. The van der Waals surface area contributed by atoms with Crippen molar-refractivity contribution in [1.29, 1.82) is 0 Å². The quantitative estimate of drug-likeness (QED) is 0.908. The van der Waals surface area contributed by atoms with E-state index in [1.165, 1.54) is 23.0 Å². The van der Waals surface area contributed by atoms with Crippen LogP contribution in [0.3, 0.4) is 0 Å². The molecule has 0 saturated carbocycles. The van der Waals surface area contributed by atoms with Gasteiger partial charge in [0, 0.05) is 12.6 Å². The molecule has 1 amide bonds. The summed E-state index contributed by atoms with van der Waals surface area (Å²) in [7, 11) is 0. The van der Waals surface area contributed by atoms with Crippen molar-refractivity contribution in [1.82, 2.24) is 14.7 Å². The molecular formula is C14H14FN3O2. The summed E-state index contributed by atoms with van der Waals surface area (Å²) in [4.78, 5) is 14.1. The number of nitrogens with zero attached hydrogens (tertiary/aromatic N) is 3. The van der Waals surface area contributed by atoms with Crippen LogP contribution in [0.25, 0.3) is 0 Å². The summed E-state index contributed by atoms with van der Waals surface area (Å²) >= 11 is 0. The lowest BCUT2D eigenvalue weighted by Crippen LogP contribution is -2.46. The fraction of sp³-hybridized carbons (Fsp3) is 0.286. The van der Waals surface area contributed by atoms with Gasteiger partial charge in [-0.1, -0.05) is 12.1 Å². The molecule has 0 aliphatic carbocycles. The topological polar surface area (TPSA) is 58.4 Å². The lowest BCUT2D eigenvalue weighted by atomic mass is 10.1. The molecule has 104 valence electrons. The van der Waals surface area contributed by atoms with Crippen molar-refractivity contribution in [2.24, 2.45) is 0 Å². The lowest BCUT2D eigenvalue weighted by Gasteiger charge is -2.33. The first kappa shape index (κ1) is 12.7. The van der Waals surface area contributed by atoms with E-state index in [1.54, 1.807) is 17.0 Å². The van der Waals surface area contributed by atoms with E-state index in [0.29, 0.717) is 13.1 Å². The Kier molecular flexibility index (Phi) is 2.93. The van der Waals surface area contributed by atoms with E-state index in [9.17, 15) is 14.3 Å². The maximum absolute atomic E-state index is 12.9. The van der Waals surface area contributed by atoms with E-state index in [0.717, 1.165) is 5.56 Å². The minimum atomic E-state index is -0.303. The van der Waals surface area contributed by atoms with Crippen LogP contribution in [0.4, 0.5) is 4.39 Å². The molecule has 1 aromatic heterocycles. The third-order valence-electron chi connectivity index (χ3n) is 3.52. The highest BCUT2D eigenvalue weighted by molar-refractivity contribution is 5.95. The summed E-state index contributed by atoms with van der Waals surface area (Å²) in [6.45, 7) is 2.83. The van der Waals surface area contributed by atoms with Gasteiger partial charge in [-0.05, 0) is 24.6 Å². The summed E-state index contributed by atoms with van der Waals surface area (Å²) < 4.78 is 14.4. The second kappa shape index (κ2) is 4.63. The van der Waals surface area contributed by atoms with Crippen molar-refractivity contribution in [2.45, 2.75) is 26.1 Å². The van der Waals surface area contributed by atoms with Crippen LogP contribution in [-0.2, 0) is 13.1 Å². The maximum atomic E-state index is 12.9. The van der Waals surface area contributed by atoms with Crippen molar-refractivity contribution in [3.05, 3.63) is 47.5 Å². The number of amides is 1. The molecule has 1 aliphatic heterocycles. The van der Waals surface area contributed by atoms with Crippen molar-refractivity contribution in [3.63, 3.8) is 0 Å². The number of benzene rings is 1. The first-order valence-corrected chi connectivity index (χ1v) is 6.36. The van der Waals surface area contributed by atoms with E-state index >= 15 is 0 Å². The molecule has 2 aromatic rings. The van der Waals surface area contributed by atoms with E-state index in [4.69, 9.17) is 0 Å². The van der Waals surface area contributed by atoms with Crippen molar-refractivity contribution < 1.29 is 14.3 Å². The molecule has 0 bridgehead atoms. The minimum absolute atomic E-state index is 0.0423. The van der Waals surface area contributed by atoms with Crippen LogP contribution in [0, 0.1) is 5.82 Å². The molecule has 0 radical (unpaired) electrons. The van der Waals surface area contributed by atoms with Gasteiger partial charge in [0.15, 0.2) is 11.4 Å². The second-order valence-corrected chi connectivity index (χ2v) is 4.97. The number of aromatic hydroxyl groups is 1. The number of carbonyl (C=O) groups is 1. The molecule has 0 fully saturated rings. The van der Waals surface area contributed by atoms with Crippen molar-refractivity contribution in [2.75, 3.05) is 0 Å². The Hall–Kier alpha value is -2.37. The highest BCUT2D eigenvalue weighted by Gasteiger charge is 2.33. The number of fused-ring (bicyclic) bond motifs is 1. The van der Waals surface area contributed by atoms with Gasteiger partial charge in [0.05, 0.1) is 12.7 Å². The Morgan fingerprint density at radius 3 is 2.80 bits per heavy atom. The first-order valence-electron chi connectivity index (χ1n) is 6.36. The van der Waals surface area contributed by atoms with Crippen molar-refractivity contribution in [3.8, 4) is 5.75 Å². The fourth-order valence-electron chi connectivity index (χ4n) is 2.43. The molecule has 1 aromatic carbocycles. The third kappa shape index (κ3) is 2.03. The summed E-state index contributed by atoms with van der Waals surface area (Å²) in [6, 6.07) is 6.01. The highest BCUT2D eigenvalue weighted by Crippen LogP contribution is 2.25. The Balaban J connectivity index is 1.88. The van der Waals surface area contributed by atoms with Crippen LogP contribution in [0.5, 0.6) is 5.75 Å². The molecule has 1 unspecified atom stereocenters. The summed E-state index contributed by atoms with van der Waals surface area (Å²) in [5, 5.41) is 13.7. The maximum Gasteiger partial charge on any atom is 0.276 e. The van der Waals surface area contributed by atoms with Crippen LogP contribution in [0.1, 0.15) is 23.0 Å². The number of hydrogen-bond acceptors (Lipinski definition) is 3. The molecule has 3 rings (SSSR count). The van der Waals surface area contributed by atoms with Gasteiger partial charge in [0.1, 0.15) is 5.82 Å². The SMILES string of the molecule is CC1Cn2ncc(O)c2C(=O)N1Cc1ccc(F)cc1. The van der Waals surface area contributed by atoms with Gasteiger partial charge < -0.3 is 10.0 Å². The number of carbonyl (C=O) groups excluding carboxylic acids is 1. The predicted molar refractivity (Wildman–Crippen MR) is 69.6 cm³/mol. The Bertz CT molecular complexity index is 651. The normalized spacial score (nSPS) is 18.2. The minimum Gasteiger partial charge on any atom is -0.504 e. The average molecular weight is 275 g/mol. The summed E-state index contributed by atoms with van der Waals surface area (Å²) in [6.07, 6.45) is 1.28. The fourth-order valence-corrected chi connectivity index (χ4v) is 2.43. The van der Waals surface area contributed by atoms with Gasteiger partial charge in [0.25, 0.3) is 5.91 Å². The Morgan fingerprint density at radius 2 is 2.10 bits per heavy atom. The van der Waals surface area contributed by atoms with E-state index in [1.807, 2.05) is 6.92 Å². The second-order valence-electron chi connectivity index (χ2n) is 4.97. The van der Waals surface area contributed by atoms with E-state index < -0.39 is 0 Å². The van der Waals surface area contributed by atoms with E-state index in [2.05, 4.69) is 5.10 Å². The highest BCUT2D eigenvalue weighted by atomic mass is 19.1. The Labute approximate surface area is 115 Å². The van der Waals surface area contributed by atoms with Gasteiger partial charge in [-0.3, -0.25) is 9.48 Å². The molecule has 6 heteroatoms. The molecule has 0 saturated heterocycles. The van der Waals surface area contributed by atoms with Gasteiger partial charge in [0.2, 0.25) is 0 Å². The molecule has 0 spiro atoms. The summed E-state index contributed by atoms with van der Waals surface area (Å²) in [5.41, 5.74) is 1.06. The van der Waals surface area contributed by atoms with Gasteiger partial charge in [-0.25, -0.2) is 4.39 Å². The monoisotopic (exact) mass is 275 g/mol. The Morgan fingerprint density at radius 1 is 1.40 bits per heavy atom. The molecule has 1 N–H and O–H groups in total. The van der Waals surface area contributed by atoms with Crippen LogP contribution in [0.2, 0.25) is 0 Å². The number of aromatic nitrogens is 2. The zero-order valence-corrected chi connectivity index (χ0v) is 11.0. The zero-order chi connectivity index (χ0) is 14.3. The summed E-state index contributed by atoms with van der Waals surface area (Å²) in [5.74, 6) is -0.670. The van der Waals surface area contributed by atoms with Crippen molar-refractivity contribution >= 4 is 5.91 Å². The van der Waals surface area contributed by atoms with E-state index in [-0.39, 0.29) is 29.2 Å². The molecule has 1 atom stereocenters. The van der Waals surface area contributed by atoms with Gasteiger partial charge in [-0.15, -0.1) is 0 Å². The standard InChI is InChI=1S/C14H14FN3O2/c1-9-7-18-13(12(19)6-16-18)14(20)17(9)8-10-2-4-11(15)5-3-10/h2-6,9,19H,7-8H2,1H3. The van der Waals surface area contributed by atoms with Crippen LogP contribution in [0.15, 0.2) is 30.5 Å². The largest absolute Gasteiger partial charge is 0.504 e. The molecule has 5 nitrogen and oxygen atoms in total. The van der Waals surface area contributed by atoms with Crippen LogP contribution >= 0.6 is 0 Å². The number of halogens is 1. The smallest absolute Gasteiger partial charge is 0.276 e. The van der Waals surface area contributed by atoms with Crippen LogP contribution in [-0.4, -0.2) is 31.7 Å². The first-order chi connectivity index (χ1) is 9.56. The molecule has 2 heterocycles.